The Hall–Kier alpha value is -1.09. The molecule has 4 heteroatoms. The van der Waals surface area contributed by atoms with E-state index in [0.29, 0.717) is 5.69 Å². The number of carbonyl (C=O) groups excluding carboxylic acids is 1. The van der Waals surface area contributed by atoms with Crippen molar-refractivity contribution in [2.24, 2.45) is 0 Å². The molecule has 74 valence electrons. The normalized spacial score (nSPS) is 17.9. The van der Waals surface area contributed by atoms with E-state index in [1.54, 1.807) is 13.8 Å². The van der Waals surface area contributed by atoms with Crippen LogP contribution in [0.4, 0.5) is 10.1 Å². The number of nitrogens with one attached hydrogen (secondary N) is 1. The minimum Gasteiger partial charge on any atom is -0.325 e. The van der Waals surface area contributed by atoms with E-state index in [-0.39, 0.29) is 10.9 Å². The molecule has 0 saturated heterocycles. The van der Waals surface area contributed by atoms with Crippen LogP contribution in [0.1, 0.15) is 19.4 Å². The second-order valence-corrected chi connectivity index (χ2v) is 4.30. The molecule has 0 aliphatic carbocycles. The number of halogens is 2. The Bertz CT molecular complexity index is 428. The minimum absolute atomic E-state index is 0.0494. The van der Waals surface area contributed by atoms with Crippen molar-refractivity contribution in [1.82, 2.24) is 0 Å². The molecular formula is C10H9ClFNO. The molecule has 1 aromatic rings. The zero-order chi connectivity index (χ0) is 10.5. The van der Waals surface area contributed by atoms with E-state index in [1.807, 2.05) is 0 Å². The van der Waals surface area contributed by atoms with Crippen LogP contribution in [0.5, 0.6) is 0 Å². The molecule has 0 unspecified atom stereocenters. The van der Waals surface area contributed by atoms with Crippen molar-refractivity contribution in [1.29, 1.82) is 0 Å². The monoisotopic (exact) mass is 213 g/mol. The first-order chi connectivity index (χ1) is 6.43. The maximum atomic E-state index is 13.1. The quantitative estimate of drug-likeness (QED) is 0.706. The fourth-order valence-electron chi connectivity index (χ4n) is 1.57. The topological polar surface area (TPSA) is 29.1 Å². The highest BCUT2D eigenvalue weighted by molar-refractivity contribution is 6.31. The second kappa shape index (κ2) is 2.70. The summed E-state index contributed by atoms with van der Waals surface area (Å²) in [5, 5.41) is 2.67. The van der Waals surface area contributed by atoms with E-state index in [4.69, 9.17) is 11.6 Å². The van der Waals surface area contributed by atoms with Gasteiger partial charge in [0.25, 0.3) is 0 Å². The van der Waals surface area contributed by atoms with Crippen LogP contribution in [0.25, 0.3) is 0 Å². The van der Waals surface area contributed by atoms with Gasteiger partial charge in [-0.25, -0.2) is 4.39 Å². The fourth-order valence-corrected chi connectivity index (χ4v) is 1.73. The summed E-state index contributed by atoms with van der Waals surface area (Å²) in [6.45, 7) is 3.56. The summed E-state index contributed by atoms with van der Waals surface area (Å²) in [7, 11) is 0. The molecule has 0 aromatic heterocycles. The zero-order valence-electron chi connectivity index (χ0n) is 7.82. The fraction of sp³-hybridized carbons (Fsp3) is 0.300. The number of rotatable bonds is 0. The molecule has 14 heavy (non-hydrogen) atoms. The molecule has 2 nitrogen and oxygen atoms in total. The van der Waals surface area contributed by atoms with Crippen molar-refractivity contribution in [3.8, 4) is 0 Å². The third-order valence-corrected chi connectivity index (χ3v) is 2.84. The van der Waals surface area contributed by atoms with Crippen molar-refractivity contribution in [2.75, 3.05) is 5.32 Å². The molecule has 0 spiro atoms. The van der Waals surface area contributed by atoms with Gasteiger partial charge in [0.15, 0.2) is 0 Å². The zero-order valence-corrected chi connectivity index (χ0v) is 8.57. The molecule has 1 aliphatic heterocycles. The predicted molar refractivity (Wildman–Crippen MR) is 53.1 cm³/mol. The van der Waals surface area contributed by atoms with Gasteiger partial charge in [0.1, 0.15) is 5.82 Å². The van der Waals surface area contributed by atoms with E-state index in [9.17, 15) is 9.18 Å². The van der Waals surface area contributed by atoms with Gasteiger partial charge in [-0.05, 0) is 31.5 Å². The maximum Gasteiger partial charge on any atom is 0.234 e. The molecule has 1 aromatic carbocycles. The second-order valence-electron chi connectivity index (χ2n) is 3.89. The third kappa shape index (κ3) is 1.12. The van der Waals surface area contributed by atoms with Crippen molar-refractivity contribution in [3.63, 3.8) is 0 Å². The standard InChI is InChI=1S/C10H9ClFNO/c1-10(2)5-3-6(11)7(12)4-8(5)13-9(10)14/h3-4H,1-2H3,(H,13,14). The van der Waals surface area contributed by atoms with Gasteiger partial charge in [-0.2, -0.15) is 0 Å². The molecule has 0 saturated carbocycles. The first-order valence-electron chi connectivity index (χ1n) is 4.24. The largest absolute Gasteiger partial charge is 0.325 e. The number of carbonyl (C=O) groups is 1. The van der Waals surface area contributed by atoms with Crippen LogP contribution in [-0.2, 0) is 10.2 Å². The summed E-state index contributed by atoms with van der Waals surface area (Å²) in [5.41, 5.74) is 0.628. The third-order valence-electron chi connectivity index (χ3n) is 2.55. The lowest BCUT2D eigenvalue weighted by atomic mass is 9.86. The number of benzene rings is 1. The number of hydrogen-bond acceptors (Lipinski definition) is 1. The summed E-state index contributed by atoms with van der Waals surface area (Å²) in [4.78, 5) is 11.5. The number of amides is 1. The Morgan fingerprint density at radius 1 is 1.43 bits per heavy atom. The van der Waals surface area contributed by atoms with Crippen LogP contribution in [-0.4, -0.2) is 5.91 Å². The molecule has 0 atom stereocenters. The highest BCUT2D eigenvalue weighted by atomic mass is 35.5. The lowest BCUT2D eigenvalue weighted by molar-refractivity contribution is -0.119. The maximum absolute atomic E-state index is 13.1. The van der Waals surface area contributed by atoms with Crippen molar-refractivity contribution >= 4 is 23.2 Å². The van der Waals surface area contributed by atoms with E-state index < -0.39 is 11.2 Å². The Balaban J connectivity index is 2.67. The SMILES string of the molecule is CC1(C)C(=O)Nc2cc(F)c(Cl)cc21. The molecule has 1 amide bonds. The van der Waals surface area contributed by atoms with Gasteiger partial charge in [-0.1, -0.05) is 11.6 Å². The Morgan fingerprint density at radius 2 is 2.07 bits per heavy atom. The predicted octanol–water partition coefficient (Wildman–Crippen LogP) is 2.71. The van der Waals surface area contributed by atoms with Crippen LogP contribution >= 0.6 is 11.6 Å². The smallest absolute Gasteiger partial charge is 0.234 e. The highest BCUT2D eigenvalue weighted by Crippen LogP contribution is 2.39. The first kappa shape index (κ1) is 9.46. The molecule has 1 heterocycles. The molecular weight excluding hydrogens is 205 g/mol. The molecule has 0 fully saturated rings. The molecule has 0 radical (unpaired) electrons. The average molecular weight is 214 g/mol. The van der Waals surface area contributed by atoms with E-state index in [2.05, 4.69) is 5.32 Å². The number of anilines is 1. The van der Waals surface area contributed by atoms with Crippen molar-refractivity contribution < 1.29 is 9.18 Å². The summed E-state index contributed by atoms with van der Waals surface area (Å²) in [6.07, 6.45) is 0. The lowest BCUT2D eigenvalue weighted by Crippen LogP contribution is -2.26. The van der Waals surface area contributed by atoms with E-state index in [0.717, 1.165) is 5.56 Å². The van der Waals surface area contributed by atoms with Gasteiger partial charge >= 0.3 is 0 Å². The van der Waals surface area contributed by atoms with Gasteiger partial charge in [0, 0.05) is 5.69 Å². The van der Waals surface area contributed by atoms with Crippen molar-refractivity contribution in [3.05, 3.63) is 28.5 Å². The molecule has 1 N–H and O–H groups in total. The summed E-state index contributed by atoms with van der Waals surface area (Å²) >= 11 is 5.65. The number of hydrogen-bond donors (Lipinski definition) is 1. The van der Waals surface area contributed by atoms with Crippen LogP contribution < -0.4 is 5.32 Å². The molecule has 2 rings (SSSR count). The summed E-state index contributed by atoms with van der Waals surface area (Å²) in [5.74, 6) is -0.641. The van der Waals surface area contributed by atoms with Crippen LogP contribution in [0.15, 0.2) is 12.1 Å². The number of fused-ring (bicyclic) bond motifs is 1. The van der Waals surface area contributed by atoms with Gasteiger partial charge in [0.05, 0.1) is 10.4 Å². The van der Waals surface area contributed by atoms with E-state index >= 15 is 0 Å². The van der Waals surface area contributed by atoms with Crippen LogP contribution in [0.2, 0.25) is 5.02 Å². The van der Waals surface area contributed by atoms with Gasteiger partial charge in [0.2, 0.25) is 5.91 Å². The minimum atomic E-state index is -0.632. The molecule has 0 bridgehead atoms. The van der Waals surface area contributed by atoms with Crippen molar-refractivity contribution in [2.45, 2.75) is 19.3 Å². The highest BCUT2D eigenvalue weighted by Gasteiger charge is 2.38. The van der Waals surface area contributed by atoms with Crippen LogP contribution in [0, 0.1) is 5.82 Å². The lowest BCUT2D eigenvalue weighted by Gasteiger charge is -2.14. The Morgan fingerprint density at radius 3 is 2.71 bits per heavy atom. The summed E-state index contributed by atoms with van der Waals surface area (Å²) < 4.78 is 13.1. The van der Waals surface area contributed by atoms with E-state index in [1.165, 1.54) is 12.1 Å². The average Bonchev–Trinajstić information content (AvgIpc) is 2.28. The first-order valence-corrected chi connectivity index (χ1v) is 4.61. The molecule has 1 aliphatic rings. The van der Waals surface area contributed by atoms with Gasteiger partial charge in [-0.3, -0.25) is 4.79 Å². The Labute approximate surface area is 86.1 Å². The van der Waals surface area contributed by atoms with Gasteiger partial charge < -0.3 is 5.32 Å². The summed E-state index contributed by atoms with van der Waals surface area (Å²) in [6, 6.07) is 2.76. The van der Waals surface area contributed by atoms with Crippen LogP contribution in [0.3, 0.4) is 0 Å². The van der Waals surface area contributed by atoms with Gasteiger partial charge in [-0.15, -0.1) is 0 Å². The Kier molecular flexibility index (Phi) is 1.83.